The predicted octanol–water partition coefficient (Wildman–Crippen LogP) is 5.25. The van der Waals surface area contributed by atoms with Crippen LogP contribution in [0.2, 0.25) is 0 Å². The molecule has 4 rings (SSSR count). The van der Waals surface area contributed by atoms with Crippen LogP contribution in [0.4, 0.5) is 10.5 Å². The van der Waals surface area contributed by atoms with E-state index >= 15 is 0 Å². The third kappa shape index (κ3) is 6.04. The van der Waals surface area contributed by atoms with E-state index < -0.39 is 23.0 Å². The number of amides is 1. The van der Waals surface area contributed by atoms with Crippen LogP contribution < -0.4 is 5.32 Å². The molecule has 3 aromatic rings. The summed E-state index contributed by atoms with van der Waals surface area (Å²) >= 11 is 1.56. The number of nitro benzene ring substituents is 1. The number of rotatable bonds is 11. The van der Waals surface area contributed by atoms with Gasteiger partial charge in [-0.25, -0.2) is 9.59 Å². The summed E-state index contributed by atoms with van der Waals surface area (Å²) in [5, 5.41) is 22.7. The number of carboxylic acid groups (broad SMARTS) is 1. The molecule has 2 N–H and O–H groups in total. The Hall–Kier alpha value is -3.85. The number of hydrogen-bond donors (Lipinski definition) is 2. The maximum absolute atomic E-state index is 12.4. The number of non-ortho nitro benzene ring substituents is 1. The van der Waals surface area contributed by atoms with Crippen LogP contribution in [0.15, 0.2) is 72.8 Å². The molecule has 1 aliphatic rings. The number of hydrogen-bond acceptors (Lipinski definition) is 6. The number of carbonyl (C=O) groups is 2. The van der Waals surface area contributed by atoms with Crippen molar-refractivity contribution in [3.8, 4) is 11.1 Å². The third-order valence-corrected chi connectivity index (χ3v) is 7.18. The van der Waals surface area contributed by atoms with Gasteiger partial charge in [0.05, 0.1) is 4.92 Å². The Morgan fingerprint density at radius 1 is 0.972 bits per heavy atom. The molecule has 0 saturated heterocycles. The van der Waals surface area contributed by atoms with E-state index in [9.17, 15) is 24.8 Å². The van der Waals surface area contributed by atoms with E-state index in [1.54, 1.807) is 23.9 Å². The van der Waals surface area contributed by atoms with E-state index in [0.29, 0.717) is 12.2 Å². The molecular weight excluding hydrogens is 480 g/mol. The fourth-order valence-electron chi connectivity index (χ4n) is 4.32. The van der Waals surface area contributed by atoms with Crippen molar-refractivity contribution in [2.24, 2.45) is 0 Å². The number of nitrogens with zero attached hydrogens (tertiary/aromatic N) is 1. The van der Waals surface area contributed by atoms with Crippen LogP contribution in [0.1, 0.15) is 29.0 Å². The normalized spacial score (nSPS) is 12.9. The lowest BCUT2D eigenvalue weighted by Crippen LogP contribution is -2.41. The van der Waals surface area contributed by atoms with Gasteiger partial charge in [-0.3, -0.25) is 10.1 Å². The van der Waals surface area contributed by atoms with Gasteiger partial charge in [0.15, 0.2) is 0 Å². The highest BCUT2D eigenvalue weighted by molar-refractivity contribution is 7.99. The zero-order valence-corrected chi connectivity index (χ0v) is 20.3. The lowest BCUT2D eigenvalue weighted by Gasteiger charge is -2.17. The van der Waals surface area contributed by atoms with Crippen molar-refractivity contribution in [1.29, 1.82) is 0 Å². The van der Waals surface area contributed by atoms with Gasteiger partial charge in [0.25, 0.3) is 5.69 Å². The highest BCUT2D eigenvalue weighted by Gasteiger charge is 2.29. The molecule has 0 heterocycles. The van der Waals surface area contributed by atoms with Gasteiger partial charge in [-0.2, -0.15) is 11.8 Å². The third-order valence-electron chi connectivity index (χ3n) is 6.17. The maximum Gasteiger partial charge on any atom is 0.407 e. The van der Waals surface area contributed by atoms with E-state index in [2.05, 4.69) is 5.32 Å². The highest BCUT2D eigenvalue weighted by atomic mass is 32.2. The fourth-order valence-corrected chi connectivity index (χ4v) is 5.30. The zero-order chi connectivity index (χ0) is 25.5. The van der Waals surface area contributed by atoms with E-state index in [4.69, 9.17) is 4.74 Å². The molecule has 0 aliphatic heterocycles. The Bertz CT molecular complexity index is 1200. The van der Waals surface area contributed by atoms with Gasteiger partial charge in [0, 0.05) is 18.1 Å². The van der Waals surface area contributed by atoms with Crippen molar-refractivity contribution in [3.63, 3.8) is 0 Å². The molecule has 9 heteroatoms. The largest absolute Gasteiger partial charge is 0.480 e. The highest BCUT2D eigenvalue weighted by Crippen LogP contribution is 2.44. The van der Waals surface area contributed by atoms with Crippen molar-refractivity contribution in [2.45, 2.75) is 24.8 Å². The monoisotopic (exact) mass is 506 g/mol. The first kappa shape index (κ1) is 25.2. The summed E-state index contributed by atoms with van der Waals surface area (Å²) in [5.74, 6) is 0.0590. The van der Waals surface area contributed by atoms with E-state index in [1.165, 1.54) is 12.1 Å². The molecule has 1 amide bonds. The van der Waals surface area contributed by atoms with Crippen molar-refractivity contribution in [3.05, 3.63) is 99.6 Å². The summed E-state index contributed by atoms with van der Waals surface area (Å²) in [7, 11) is 0. The number of thioether (sulfide) groups is 1. The molecule has 0 radical (unpaired) electrons. The summed E-state index contributed by atoms with van der Waals surface area (Å²) < 4.78 is 5.46. The number of ether oxygens (including phenoxy) is 1. The number of fused-ring (bicyclic) bond motifs is 3. The van der Waals surface area contributed by atoms with E-state index in [-0.39, 0.29) is 24.6 Å². The minimum atomic E-state index is -1.11. The van der Waals surface area contributed by atoms with Gasteiger partial charge < -0.3 is 15.2 Å². The average Bonchev–Trinajstić information content (AvgIpc) is 3.20. The van der Waals surface area contributed by atoms with Crippen LogP contribution in [0.3, 0.4) is 0 Å². The topological polar surface area (TPSA) is 119 Å². The number of carbonyl (C=O) groups excluding carboxylic acids is 1. The fraction of sp³-hybridized carbons (Fsp3) is 0.259. The van der Waals surface area contributed by atoms with Crippen molar-refractivity contribution < 1.29 is 24.4 Å². The minimum Gasteiger partial charge on any atom is -0.480 e. The van der Waals surface area contributed by atoms with Gasteiger partial charge in [-0.1, -0.05) is 60.7 Å². The summed E-state index contributed by atoms with van der Waals surface area (Å²) in [6.07, 6.45) is 0.213. The molecule has 3 aromatic carbocycles. The summed E-state index contributed by atoms with van der Waals surface area (Å²) in [4.78, 5) is 34.4. The number of benzene rings is 3. The van der Waals surface area contributed by atoms with E-state index in [1.807, 2.05) is 48.5 Å². The first-order chi connectivity index (χ1) is 17.4. The first-order valence-corrected chi connectivity index (χ1v) is 12.7. The molecule has 0 spiro atoms. The average molecular weight is 507 g/mol. The molecule has 1 aliphatic carbocycles. The molecular formula is C27H26N2O6S. The quantitative estimate of drug-likeness (QED) is 0.207. The molecule has 36 heavy (non-hydrogen) atoms. The molecule has 8 nitrogen and oxygen atoms in total. The maximum atomic E-state index is 12.4. The van der Waals surface area contributed by atoms with Crippen molar-refractivity contribution in [2.75, 3.05) is 18.1 Å². The van der Waals surface area contributed by atoms with Crippen molar-refractivity contribution in [1.82, 2.24) is 5.32 Å². The Balaban J connectivity index is 1.23. The van der Waals surface area contributed by atoms with Crippen LogP contribution in [0, 0.1) is 10.1 Å². The van der Waals surface area contributed by atoms with Gasteiger partial charge in [-0.15, -0.1) is 0 Å². The van der Waals surface area contributed by atoms with Crippen LogP contribution in [0.5, 0.6) is 0 Å². The second-order valence-corrected chi connectivity index (χ2v) is 9.66. The Morgan fingerprint density at radius 2 is 1.58 bits per heavy atom. The molecule has 0 fully saturated rings. The molecule has 0 bridgehead atoms. The number of aliphatic carboxylic acids is 1. The van der Waals surface area contributed by atoms with Gasteiger partial charge in [-0.05, 0) is 52.2 Å². The second-order valence-electron chi connectivity index (χ2n) is 8.44. The minimum absolute atomic E-state index is 0.0509. The Kier molecular flexibility index (Phi) is 8.22. The Labute approximate surface area is 212 Å². The first-order valence-electron chi connectivity index (χ1n) is 11.6. The summed E-state index contributed by atoms with van der Waals surface area (Å²) in [6, 6.07) is 21.3. The molecule has 0 aromatic heterocycles. The SMILES string of the molecule is O=C(NC(CCSCCc1ccc([N+](=O)[O-])cc1)C(=O)O)OCC1c2ccccc2-c2ccccc21. The van der Waals surface area contributed by atoms with Crippen molar-refractivity contribution >= 4 is 29.5 Å². The zero-order valence-electron chi connectivity index (χ0n) is 19.5. The van der Waals surface area contributed by atoms with Gasteiger partial charge in [0.1, 0.15) is 12.6 Å². The van der Waals surface area contributed by atoms with E-state index in [0.717, 1.165) is 33.6 Å². The second kappa shape index (κ2) is 11.7. The predicted molar refractivity (Wildman–Crippen MR) is 138 cm³/mol. The number of nitro groups is 1. The number of carboxylic acids is 1. The lowest BCUT2D eigenvalue weighted by molar-refractivity contribution is -0.384. The number of aryl methyl sites for hydroxylation is 1. The smallest absolute Gasteiger partial charge is 0.407 e. The molecule has 1 unspecified atom stereocenters. The number of alkyl carbamates (subject to hydrolysis) is 1. The Morgan fingerprint density at radius 3 is 2.17 bits per heavy atom. The molecule has 186 valence electrons. The number of nitrogens with one attached hydrogen (secondary N) is 1. The van der Waals surface area contributed by atoms with Gasteiger partial charge in [0.2, 0.25) is 0 Å². The van der Waals surface area contributed by atoms with Crippen LogP contribution >= 0.6 is 11.8 Å². The lowest BCUT2D eigenvalue weighted by atomic mass is 9.98. The molecule has 1 atom stereocenters. The molecule has 0 saturated carbocycles. The standard InChI is InChI=1S/C27H26N2O6S/c30-26(31)25(14-16-36-15-13-18-9-11-19(12-10-18)29(33)34)28-27(32)35-17-24-22-7-3-1-5-20(22)21-6-2-4-8-23(21)24/h1-12,24-25H,13-17H2,(H,28,32)(H,30,31). The summed E-state index contributed by atoms with van der Waals surface area (Å²) in [6.45, 7) is 0.121. The van der Waals surface area contributed by atoms with Crippen LogP contribution in [-0.4, -0.2) is 46.2 Å². The van der Waals surface area contributed by atoms with Crippen LogP contribution in [-0.2, 0) is 16.0 Å². The summed E-state index contributed by atoms with van der Waals surface area (Å²) in [5.41, 5.74) is 5.44. The van der Waals surface area contributed by atoms with Crippen LogP contribution in [0.25, 0.3) is 11.1 Å². The van der Waals surface area contributed by atoms with Gasteiger partial charge >= 0.3 is 12.1 Å².